The molecule has 4 aromatic carbocycles. The van der Waals surface area contributed by atoms with Crippen LogP contribution < -0.4 is 4.57 Å². The molecule has 0 spiro atoms. The second-order valence-corrected chi connectivity index (χ2v) is 10.1. The molecule has 0 saturated heterocycles. The van der Waals surface area contributed by atoms with Crippen LogP contribution in [0.1, 0.15) is 21.9 Å². The van der Waals surface area contributed by atoms with Gasteiger partial charge < -0.3 is 8.83 Å². The first-order chi connectivity index (χ1) is 20.2. The zero-order valence-electron chi connectivity index (χ0n) is 22.3. The summed E-state index contributed by atoms with van der Waals surface area (Å²) in [7, 11) is 0. The summed E-state index contributed by atoms with van der Waals surface area (Å²) in [5.74, 6) is 1.56. The lowest BCUT2D eigenvalue weighted by atomic mass is 10.0. The van der Waals surface area contributed by atoms with Crippen LogP contribution in [0.3, 0.4) is 0 Å². The summed E-state index contributed by atoms with van der Waals surface area (Å²) < 4.78 is 16.4. The Morgan fingerprint density at radius 2 is 1.29 bits per heavy atom. The fourth-order valence-corrected chi connectivity index (χ4v) is 5.13. The van der Waals surface area contributed by atoms with E-state index in [2.05, 4.69) is 18.2 Å². The normalized spacial score (nSPS) is 11.2. The highest BCUT2D eigenvalue weighted by molar-refractivity contribution is 5.95. The molecule has 3 heterocycles. The van der Waals surface area contributed by atoms with Crippen molar-refractivity contribution in [1.29, 1.82) is 0 Å². The maximum Gasteiger partial charge on any atom is 0.244 e. The standard InChI is InChI=1S/C36H27N2O3/c39-32(28-16-14-27(15-17-28)26-8-2-1-3-9-26)24-38-21-20-37(25-38)19-18-31(35-22-29-10-4-6-12-33(29)40-35)36-23-30-11-5-7-13-34(30)41-36/h1-18,20-23,25H,19,24H2/q+1. The molecule has 3 aromatic heterocycles. The quantitative estimate of drug-likeness (QED) is 0.147. The summed E-state index contributed by atoms with van der Waals surface area (Å²) in [6.45, 7) is 0.845. The lowest BCUT2D eigenvalue weighted by Gasteiger charge is -2.03. The monoisotopic (exact) mass is 535 g/mol. The number of para-hydroxylation sites is 2. The minimum absolute atomic E-state index is 0.0631. The van der Waals surface area contributed by atoms with Gasteiger partial charge >= 0.3 is 0 Å². The number of hydrogen-bond acceptors (Lipinski definition) is 3. The maximum atomic E-state index is 13.0. The highest BCUT2D eigenvalue weighted by atomic mass is 16.4. The summed E-state index contributed by atoms with van der Waals surface area (Å²) in [4.78, 5) is 13.0. The molecule has 0 aliphatic carbocycles. The smallest absolute Gasteiger partial charge is 0.244 e. The summed E-state index contributed by atoms with van der Waals surface area (Å²) in [6, 6.07) is 38.0. The van der Waals surface area contributed by atoms with Crippen molar-refractivity contribution < 1.29 is 18.2 Å². The number of furan rings is 2. The van der Waals surface area contributed by atoms with Gasteiger partial charge in [-0.3, -0.25) is 4.79 Å². The van der Waals surface area contributed by atoms with Gasteiger partial charge in [0, 0.05) is 16.3 Å². The van der Waals surface area contributed by atoms with Crippen molar-refractivity contribution in [2.75, 3.05) is 0 Å². The molecule has 0 aliphatic heterocycles. The number of fused-ring (bicyclic) bond motifs is 2. The van der Waals surface area contributed by atoms with E-state index in [0.717, 1.165) is 50.2 Å². The third-order valence-corrected chi connectivity index (χ3v) is 7.27. The van der Waals surface area contributed by atoms with Crippen molar-refractivity contribution in [3.63, 3.8) is 0 Å². The predicted molar refractivity (Wildman–Crippen MR) is 160 cm³/mol. The van der Waals surface area contributed by atoms with Gasteiger partial charge in [0.05, 0.1) is 5.57 Å². The van der Waals surface area contributed by atoms with E-state index < -0.39 is 0 Å². The van der Waals surface area contributed by atoms with Crippen LogP contribution in [-0.4, -0.2) is 10.4 Å². The highest BCUT2D eigenvalue weighted by Crippen LogP contribution is 2.32. The molecule has 0 atom stereocenters. The zero-order chi connectivity index (χ0) is 27.6. The number of allylic oxidation sites excluding steroid dienone is 1. The largest absolute Gasteiger partial charge is 0.456 e. The molecular formula is C36H27N2O3+. The number of benzene rings is 4. The molecule has 198 valence electrons. The van der Waals surface area contributed by atoms with Crippen LogP contribution in [0.2, 0.25) is 0 Å². The molecule has 0 fully saturated rings. The van der Waals surface area contributed by atoms with Gasteiger partial charge in [-0.2, -0.15) is 0 Å². The topological polar surface area (TPSA) is 52.2 Å². The Labute approximate surface area is 237 Å². The van der Waals surface area contributed by atoms with Crippen LogP contribution in [0.15, 0.2) is 149 Å². The molecule has 41 heavy (non-hydrogen) atoms. The molecule has 7 rings (SSSR count). The van der Waals surface area contributed by atoms with E-state index in [1.807, 2.05) is 131 Å². The van der Waals surface area contributed by atoms with Crippen molar-refractivity contribution in [2.45, 2.75) is 13.1 Å². The number of ketones is 1. The van der Waals surface area contributed by atoms with Crippen LogP contribution in [0.4, 0.5) is 0 Å². The maximum absolute atomic E-state index is 13.0. The van der Waals surface area contributed by atoms with Gasteiger partial charge in [0.1, 0.15) is 41.6 Å². The van der Waals surface area contributed by atoms with E-state index in [1.165, 1.54) is 0 Å². The van der Waals surface area contributed by atoms with E-state index in [0.29, 0.717) is 12.1 Å². The molecule has 0 saturated carbocycles. The third kappa shape index (κ3) is 5.13. The fourth-order valence-electron chi connectivity index (χ4n) is 5.13. The summed E-state index contributed by atoms with van der Waals surface area (Å²) in [6.07, 6.45) is 7.94. The van der Waals surface area contributed by atoms with Gasteiger partial charge in [0.25, 0.3) is 0 Å². The molecule has 5 nitrogen and oxygen atoms in total. The SMILES string of the molecule is O=C(C[n+]1ccn(CC=C(c2cc3ccccc3o2)c2cc3ccccc3o2)c1)c1ccc(-c2ccccc2)cc1. The minimum Gasteiger partial charge on any atom is -0.456 e. The van der Waals surface area contributed by atoms with E-state index in [1.54, 1.807) is 0 Å². The Morgan fingerprint density at radius 3 is 1.93 bits per heavy atom. The predicted octanol–water partition coefficient (Wildman–Crippen LogP) is 7.95. The first-order valence-corrected chi connectivity index (χ1v) is 13.6. The number of carbonyl (C=O) groups is 1. The number of hydrogen-bond donors (Lipinski definition) is 0. The Kier molecular flexibility index (Phi) is 6.38. The van der Waals surface area contributed by atoms with Gasteiger partial charge in [0.2, 0.25) is 12.1 Å². The number of aromatic nitrogens is 2. The van der Waals surface area contributed by atoms with Gasteiger partial charge in [-0.15, -0.1) is 0 Å². The molecule has 0 aliphatic rings. The lowest BCUT2D eigenvalue weighted by molar-refractivity contribution is -0.682. The van der Waals surface area contributed by atoms with Crippen LogP contribution in [0.25, 0.3) is 38.6 Å². The molecular weight excluding hydrogens is 508 g/mol. The van der Waals surface area contributed by atoms with Crippen molar-refractivity contribution in [3.8, 4) is 11.1 Å². The Morgan fingerprint density at radius 1 is 0.707 bits per heavy atom. The highest BCUT2D eigenvalue weighted by Gasteiger charge is 2.17. The number of carbonyl (C=O) groups excluding carboxylic acids is 1. The molecule has 0 bridgehead atoms. The lowest BCUT2D eigenvalue weighted by Crippen LogP contribution is -2.35. The van der Waals surface area contributed by atoms with Crippen molar-refractivity contribution >= 4 is 33.3 Å². The van der Waals surface area contributed by atoms with Crippen molar-refractivity contribution in [1.82, 2.24) is 4.57 Å². The molecule has 5 heteroatoms. The molecule has 0 N–H and O–H groups in total. The Hall–Kier alpha value is -5.42. The molecule has 0 unspecified atom stereocenters. The second-order valence-electron chi connectivity index (χ2n) is 10.1. The third-order valence-electron chi connectivity index (χ3n) is 7.27. The van der Waals surface area contributed by atoms with Crippen molar-refractivity contribution in [2.24, 2.45) is 0 Å². The fraction of sp³-hybridized carbons (Fsp3) is 0.0556. The minimum atomic E-state index is 0.0631. The Balaban J connectivity index is 1.12. The number of Topliss-reactive ketones (excluding diaryl/α,β-unsaturated/α-hetero) is 1. The first kappa shape index (κ1) is 24.6. The molecule has 0 amide bonds. The summed E-state index contributed by atoms with van der Waals surface area (Å²) in [5.41, 5.74) is 5.47. The second kappa shape index (κ2) is 10.6. The van der Waals surface area contributed by atoms with Crippen LogP contribution >= 0.6 is 0 Å². The number of rotatable bonds is 8. The van der Waals surface area contributed by atoms with Gasteiger partial charge in [-0.05, 0) is 41.5 Å². The van der Waals surface area contributed by atoms with Gasteiger partial charge in [-0.25, -0.2) is 9.13 Å². The van der Waals surface area contributed by atoms with Crippen LogP contribution in [-0.2, 0) is 13.1 Å². The van der Waals surface area contributed by atoms with E-state index in [9.17, 15) is 4.79 Å². The van der Waals surface area contributed by atoms with Crippen LogP contribution in [0.5, 0.6) is 0 Å². The summed E-state index contributed by atoms with van der Waals surface area (Å²) in [5, 5.41) is 2.08. The van der Waals surface area contributed by atoms with Crippen molar-refractivity contribution in [3.05, 3.63) is 157 Å². The van der Waals surface area contributed by atoms with Gasteiger partial charge in [-0.1, -0.05) is 91.0 Å². The Bertz CT molecular complexity index is 1860. The average Bonchev–Trinajstić information content (AvgIpc) is 3.76. The van der Waals surface area contributed by atoms with E-state index in [4.69, 9.17) is 8.83 Å². The molecule has 0 radical (unpaired) electrons. The molecule has 7 aromatic rings. The average molecular weight is 536 g/mol. The zero-order valence-corrected chi connectivity index (χ0v) is 22.3. The number of imidazole rings is 1. The van der Waals surface area contributed by atoms with Crippen LogP contribution in [0, 0.1) is 0 Å². The van der Waals surface area contributed by atoms with E-state index in [-0.39, 0.29) is 12.3 Å². The van der Waals surface area contributed by atoms with E-state index >= 15 is 0 Å². The summed E-state index contributed by atoms with van der Waals surface area (Å²) >= 11 is 0. The van der Waals surface area contributed by atoms with Gasteiger partial charge in [0.15, 0.2) is 6.54 Å². The first-order valence-electron chi connectivity index (χ1n) is 13.6. The number of nitrogens with zero attached hydrogens (tertiary/aromatic N) is 2.